The highest BCUT2D eigenvalue weighted by Crippen LogP contribution is 2.38. The first kappa shape index (κ1) is 24.6. The fourth-order valence-electron chi connectivity index (χ4n) is 3.12. The third-order valence-corrected chi connectivity index (χ3v) is 6.21. The average molecular weight is 530 g/mol. The number of methoxy groups -OCH3 is 1. The number of non-ortho nitro benzene ring substituents is 1. The van der Waals surface area contributed by atoms with E-state index in [0.29, 0.717) is 42.9 Å². The Kier molecular flexibility index (Phi) is 7.60. The summed E-state index contributed by atoms with van der Waals surface area (Å²) in [6.45, 7) is 0.267. The number of nitrogens with one attached hydrogen (secondary N) is 1. The number of aliphatic imine (C=N–C) groups is 1. The molecule has 0 unspecified atom stereocenters. The molecule has 8 nitrogen and oxygen atoms in total. The SMILES string of the molecule is COc1cc(/C=C2\SC(=Nc3cccc([N+](=O)[O-])c3)NC2=O)cc(Cl)c1OCc1ccc(Cl)cc1. The summed E-state index contributed by atoms with van der Waals surface area (Å²) in [6.07, 6.45) is 1.65. The summed E-state index contributed by atoms with van der Waals surface area (Å²) in [6, 6.07) is 16.5. The minimum absolute atomic E-state index is 0.0861. The van der Waals surface area contributed by atoms with Crippen molar-refractivity contribution in [3.63, 3.8) is 0 Å². The number of amides is 1. The number of thioether (sulfide) groups is 1. The van der Waals surface area contributed by atoms with Crippen LogP contribution in [0.4, 0.5) is 11.4 Å². The van der Waals surface area contributed by atoms with E-state index < -0.39 is 4.92 Å². The zero-order valence-electron chi connectivity index (χ0n) is 18.2. The Hall–Kier alpha value is -3.53. The summed E-state index contributed by atoms with van der Waals surface area (Å²) in [5, 5.41) is 14.9. The van der Waals surface area contributed by atoms with E-state index >= 15 is 0 Å². The van der Waals surface area contributed by atoms with E-state index in [9.17, 15) is 14.9 Å². The molecule has 3 aromatic rings. The highest BCUT2D eigenvalue weighted by Gasteiger charge is 2.24. The second-order valence-electron chi connectivity index (χ2n) is 7.21. The quantitative estimate of drug-likeness (QED) is 0.216. The van der Waals surface area contributed by atoms with Crippen LogP contribution in [0.5, 0.6) is 11.5 Å². The lowest BCUT2D eigenvalue weighted by Gasteiger charge is -2.13. The van der Waals surface area contributed by atoms with Crippen LogP contribution in [0.25, 0.3) is 6.08 Å². The molecule has 35 heavy (non-hydrogen) atoms. The zero-order valence-corrected chi connectivity index (χ0v) is 20.5. The maximum absolute atomic E-state index is 12.5. The van der Waals surface area contributed by atoms with Gasteiger partial charge >= 0.3 is 0 Å². The second-order valence-corrected chi connectivity index (χ2v) is 9.08. The van der Waals surface area contributed by atoms with Crippen LogP contribution >= 0.6 is 35.0 Å². The molecule has 1 aliphatic rings. The molecule has 4 rings (SSSR count). The average Bonchev–Trinajstić information content (AvgIpc) is 3.17. The molecule has 1 aliphatic heterocycles. The lowest BCUT2D eigenvalue weighted by Crippen LogP contribution is -2.19. The van der Waals surface area contributed by atoms with Crippen molar-refractivity contribution in [2.45, 2.75) is 6.61 Å². The van der Waals surface area contributed by atoms with Crippen molar-refractivity contribution in [3.05, 3.63) is 96.9 Å². The summed E-state index contributed by atoms with van der Waals surface area (Å²) < 4.78 is 11.3. The van der Waals surface area contributed by atoms with Gasteiger partial charge in [0.1, 0.15) is 6.61 Å². The molecule has 1 heterocycles. The number of benzene rings is 3. The smallest absolute Gasteiger partial charge is 0.271 e. The molecule has 0 bridgehead atoms. The van der Waals surface area contributed by atoms with Gasteiger partial charge in [0.2, 0.25) is 0 Å². The number of halogens is 2. The number of nitro groups is 1. The van der Waals surface area contributed by atoms with Gasteiger partial charge in [0.05, 0.1) is 27.6 Å². The van der Waals surface area contributed by atoms with E-state index in [1.807, 2.05) is 12.1 Å². The third-order valence-electron chi connectivity index (χ3n) is 4.77. The number of hydrogen-bond acceptors (Lipinski definition) is 7. The highest BCUT2D eigenvalue weighted by atomic mass is 35.5. The molecule has 1 amide bonds. The molecule has 0 aromatic heterocycles. The Morgan fingerprint density at radius 3 is 2.63 bits per heavy atom. The van der Waals surface area contributed by atoms with Gasteiger partial charge < -0.3 is 14.8 Å². The minimum Gasteiger partial charge on any atom is -0.493 e. The molecular weight excluding hydrogens is 513 g/mol. The number of rotatable bonds is 7. The largest absolute Gasteiger partial charge is 0.493 e. The van der Waals surface area contributed by atoms with Gasteiger partial charge in [-0.3, -0.25) is 14.9 Å². The number of ether oxygens (including phenoxy) is 2. The molecule has 0 aliphatic carbocycles. The van der Waals surface area contributed by atoms with Crippen LogP contribution in [0.1, 0.15) is 11.1 Å². The van der Waals surface area contributed by atoms with Crippen LogP contribution in [0.15, 0.2) is 70.6 Å². The Balaban J connectivity index is 1.53. The number of nitro benzene ring substituents is 1. The number of amidine groups is 1. The molecule has 1 fully saturated rings. The molecule has 178 valence electrons. The van der Waals surface area contributed by atoms with Crippen molar-refractivity contribution in [1.82, 2.24) is 5.32 Å². The van der Waals surface area contributed by atoms with Gasteiger partial charge in [-0.25, -0.2) is 4.99 Å². The van der Waals surface area contributed by atoms with Crippen molar-refractivity contribution in [2.24, 2.45) is 4.99 Å². The molecule has 0 saturated carbocycles. The molecule has 11 heteroatoms. The second kappa shape index (κ2) is 10.8. The van der Waals surface area contributed by atoms with Crippen LogP contribution in [0.2, 0.25) is 10.0 Å². The topological polar surface area (TPSA) is 103 Å². The summed E-state index contributed by atoms with van der Waals surface area (Å²) in [5.74, 6) is 0.437. The monoisotopic (exact) mass is 529 g/mol. The van der Waals surface area contributed by atoms with Gasteiger partial charge in [0, 0.05) is 17.2 Å². The van der Waals surface area contributed by atoms with Gasteiger partial charge in [-0.15, -0.1) is 0 Å². The van der Waals surface area contributed by atoms with Crippen LogP contribution in [-0.4, -0.2) is 23.1 Å². The first-order valence-electron chi connectivity index (χ1n) is 10.1. The number of hydrogen-bond donors (Lipinski definition) is 1. The van der Waals surface area contributed by atoms with Gasteiger partial charge in [-0.05, 0) is 59.3 Å². The predicted octanol–water partition coefficient (Wildman–Crippen LogP) is 6.38. The van der Waals surface area contributed by atoms with Crippen LogP contribution in [0.3, 0.4) is 0 Å². The van der Waals surface area contributed by atoms with Crippen molar-refractivity contribution in [3.8, 4) is 11.5 Å². The Morgan fingerprint density at radius 2 is 1.91 bits per heavy atom. The summed E-state index contributed by atoms with van der Waals surface area (Å²) >= 11 is 13.5. The van der Waals surface area contributed by atoms with Crippen molar-refractivity contribution in [2.75, 3.05) is 7.11 Å². The third kappa shape index (κ3) is 6.13. The molecule has 0 atom stereocenters. The normalized spacial score (nSPS) is 15.3. The molecule has 1 saturated heterocycles. The Morgan fingerprint density at radius 1 is 1.14 bits per heavy atom. The van der Waals surface area contributed by atoms with E-state index in [-0.39, 0.29) is 18.2 Å². The first-order chi connectivity index (χ1) is 16.8. The van der Waals surface area contributed by atoms with Crippen LogP contribution < -0.4 is 14.8 Å². The van der Waals surface area contributed by atoms with Crippen LogP contribution in [-0.2, 0) is 11.4 Å². The van der Waals surface area contributed by atoms with Crippen molar-refractivity contribution >= 4 is 63.5 Å². The highest BCUT2D eigenvalue weighted by molar-refractivity contribution is 8.18. The van der Waals surface area contributed by atoms with Gasteiger partial charge in [0.15, 0.2) is 16.7 Å². The maximum Gasteiger partial charge on any atom is 0.271 e. The number of nitrogens with zero attached hydrogens (tertiary/aromatic N) is 2. The number of carbonyl (C=O) groups is 1. The zero-order chi connectivity index (χ0) is 24.9. The molecule has 0 radical (unpaired) electrons. The molecular formula is C24H17Cl2N3O5S. The first-order valence-corrected chi connectivity index (χ1v) is 11.7. The molecule has 1 N–H and O–H groups in total. The Labute approximate surface area is 214 Å². The van der Waals surface area contributed by atoms with Crippen LogP contribution in [0, 0.1) is 10.1 Å². The van der Waals surface area contributed by atoms with E-state index in [4.69, 9.17) is 32.7 Å². The summed E-state index contributed by atoms with van der Waals surface area (Å²) in [5.41, 5.74) is 1.81. The fourth-order valence-corrected chi connectivity index (χ4v) is 4.37. The summed E-state index contributed by atoms with van der Waals surface area (Å²) in [7, 11) is 1.50. The number of carbonyl (C=O) groups excluding carboxylic acids is 1. The lowest BCUT2D eigenvalue weighted by molar-refractivity contribution is -0.384. The summed E-state index contributed by atoms with van der Waals surface area (Å²) in [4.78, 5) is 27.6. The van der Waals surface area contributed by atoms with Gasteiger partial charge in [-0.2, -0.15) is 0 Å². The van der Waals surface area contributed by atoms with Gasteiger partial charge in [-0.1, -0.05) is 41.4 Å². The van der Waals surface area contributed by atoms with Crippen molar-refractivity contribution in [1.29, 1.82) is 0 Å². The fraction of sp³-hybridized carbons (Fsp3) is 0.0833. The van der Waals surface area contributed by atoms with E-state index in [1.54, 1.807) is 36.4 Å². The molecule has 0 spiro atoms. The standard InChI is InChI=1S/C24H17Cl2N3O5S/c1-33-20-10-15(9-19(26)22(20)34-13-14-5-7-16(25)8-6-14)11-21-23(30)28-24(35-21)27-17-3-2-4-18(12-17)29(31)32/h2-12H,13H2,1H3,(H,27,28,30)/b21-11-. The van der Waals surface area contributed by atoms with E-state index in [1.165, 1.54) is 25.3 Å². The lowest BCUT2D eigenvalue weighted by atomic mass is 10.1. The van der Waals surface area contributed by atoms with Crippen molar-refractivity contribution < 1.29 is 19.2 Å². The van der Waals surface area contributed by atoms with E-state index in [2.05, 4.69) is 10.3 Å². The minimum atomic E-state index is -0.505. The van der Waals surface area contributed by atoms with Gasteiger partial charge in [0.25, 0.3) is 11.6 Å². The Bertz CT molecular complexity index is 1360. The van der Waals surface area contributed by atoms with E-state index in [0.717, 1.165) is 17.3 Å². The maximum atomic E-state index is 12.5. The predicted molar refractivity (Wildman–Crippen MR) is 138 cm³/mol. The molecule has 3 aromatic carbocycles.